The Hall–Kier alpha value is -1.93. The molecule has 2 aromatic rings. The highest BCUT2D eigenvalue weighted by Gasteiger charge is 2.20. The number of aromatic nitrogens is 1. The normalized spacial score (nSPS) is 12.8. The molecule has 0 aliphatic heterocycles. The van der Waals surface area contributed by atoms with E-state index in [1.54, 1.807) is 23.5 Å². The van der Waals surface area contributed by atoms with Crippen molar-refractivity contribution in [3.8, 4) is 6.07 Å². The van der Waals surface area contributed by atoms with Gasteiger partial charge in [-0.1, -0.05) is 26.8 Å². The van der Waals surface area contributed by atoms with E-state index < -0.39 is 5.82 Å². The van der Waals surface area contributed by atoms with Crippen molar-refractivity contribution in [1.82, 2.24) is 4.98 Å². The van der Waals surface area contributed by atoms with Gasteiger partial charge in [-0.15, -0.1) is 11.3 Å². The van der Waals surface area contributed by atoms with Crippen LogP contribution in [0.3, 0.4) is 0 Å². The third kappa shape index (κ3) is 3.40. The van der Waals surface area contributed by atoms with E-state index in [4.69, 9.17) is 5.26 Å². The van der Waals surface area contributed by atoms with E-state index in [2.05, 4.69) is 31.1 Å². The van der Waals surface area contributed by atoms with Crippen molar-refractivity contribution in [3.05, 3.63) is 45.7 Å². The number of rotatable bonds is 3. The van der Waals surface area contributed by atoms with Crippen LogP contribution in [0.25, 0.3) is 0 Å². The maximum atomic E-state index is 13.6. The van der Waals surface area contributed by atoms with Gasteiger partial charge in [-0.3, -0.25) is 0 Å². The smallest absolute Gasteiger partial charge is 0.143 e. The number of nitrogens with one attached hydrogen (secondary N) is 1. The van der Waals surface area contributed by atoms with Crippen LogP contribution in [-0.4, -0.2) is 4.98 Å². The summed E-state index contributed by atoms with van der Waals surface area (Å²) in [5, 5.41) is 15.2. The van der Waals surface area contributed by atoms with Crippen LogP contribution < -0.4 is 5.32 Å². The van der Waals surface area contributed by atoms with Gasteiger partial charge in [0.05, 0.1) is 17.4 Å². The molecule has 110 valence electrons. The van der Waals surface area contributed by atoms with Crippen molar-refractivity contribution in [1.29, 1.82) is 5.26 Å². The number of hydrogen-bond acceptors (Lipinski definition) is 4. The van der Waals surface area contributed by atoms with Gasteiger partial charge in [0.1, 0.15) is 22.5 Å². The summed E-state index contributed by atoms with van der Waals surface area (Å²) in [7, 11) is 0. The Balaban J connectivity index is 2.23. The van der Waals surface area contributed by atoms with Crippen molar-refractivity contribution < 1.29 is 4.39 Å². The number of anilines is 1. The summed E-state index contributed by atoms with van der Waals surface area (Å²) in [4.78, 5) is 4.63. The largest absolute Gasteiger partial charge is 0.375 e. The summed E-state index contributed by atoms with van der Waals surface area (Å²) >= 11 is 1.57. The van der Waals surface area contributed by atoms with Crippen LogP contribution in [-0.2, 0) is 5.41 Å². The van der Waals surface area contributed by atoms with Crippen molar-refractivity contribution in [2.75, 3.05) is 5.32 Å². The molecule has 0 aliphatic carbocycles. The van der Waals surface area contributed by atoms with Crippen LogP contribution in [0.4, 0.5) is 10.1 Å². The third-order valence-corrected chi connectivity index (χ3v) is 4.19. The standard InChI is InChI=1S/C16H18FN3S/c1-10(15-20-14(9-21-15)16(2,3)4)19-13-7-5-6-12(17)11(13)8-18/h5-7,9-10,19H,1-4H3. The Morgan fingerprint density at radius 1 is 1.38 bits per heavy atom. The molecule has 1 unspecified atom stereocenters. The zero-order chi connectivity index (χ0) is 15.6. The zero-order valence-corrected chi connectivity index (χ0v) is 13.4. The molecule has 21 heavy (non-hydrogen) atoms. The first-order valence-electron chi connectivity index (χ1n) is 6.74. The summed E-state index contributed by atoms with van der Waals surface area (Å²) in [5.41, 5.74) is 1.58. The molecule has 5 heteroatoms. The Morgan fingerprint density at radius 2 is 2.10 bits per heavy atom. The fourth-order valence-electron chi connectivity index (χ4n) is 1.88. The second-order valence-electron chi connectivity index (χ2n) is 5.96. The van der Waals surface area contributed by atoms with Crippen molar-refractivity contribution in [2.24, 2.45) is 0 Å². The van der Waals surface area contributed by atoms with E-state index in [1.165, 1.54) is 6.07 Å². The van der Waals surface area contributed by atoms with Crippen molar-refractivity contribution in [3.63, 3.8) is 0 Å². The lowest BCUT2D eigenvalue weighted by Gasteiger charge is -2.16. The summed E-state index contributed by atoms with van der Waals surface area (Å²) in [6.07, 6.45) is 0. The monoisotopic (exact) mass is 303 g/mol. The quantitative estimate of drug-likeness (QED) is 0.899. The zero-order valence-electron chi connectivity index (χ0n) is 12.6. The summed E-state index contributed by atoms with van der Waals surface area (Å²) in [6, 6.07) is 6.40. The first-order chi connectivity index (χ1) is 9.82. The lowest BCUT2D eigenvalue weighted by Crippen LogP contribution is -2.13. The minimum Gasteiger partial charge on any atom is -0.375 e. The molecule has 1 aromatic heterocycles. The van der Waals surface area contributed by atoms with Crippen LogP contribution in [0.1, 0.15) is 50.0 Å². The Kier molecular flexibility index (Phi) is 4.29. The second-order valence-corrected chi connectivity index (χ2v) is 6.85. The van der Waals surface area contributed by atoms with Gasteiger partial charge >= 0.3 is 0 Å². The van der Waals surface area contributed by atoms with Gasteiger partial charge in [0.2, 0.25) is 0 Å². The highest BCUT2D eigenvalue weighted by molar-refractivity contribution is 7.09. The van der Waals surface area contributed by atoms with Crippen LogP contribution in [0.2, 0.25) is 0 Å². The van der Waals surface area contributed by atoms with Crippen LogP contribution >= 0.6 is 11.3 Å². The molecule has 0 amide bonds. The summed E-state index contributed by atoms with van der Waals surface area (Å²) < 4.78 is 13.6. The lowest BCUT2D eigenvalue weighted by atomic mass is 9.93. The van der Waals surface area contributed by atoms with E-state index in [0.717, 1.165) is 10.7 Å². The van der Waals surface area contributed by atoms with E-state index >= 15 is 0 Å². The Labute approximate surface area is 128 Å². The maximum absolute atomic E-state index is 13.6. The molecule has 3 nitrogen and oxygen atoms in total. The SMILES string of the molecule is CC(Nc1cccc(F)c1C#N)c1nc(C(C)(C)C)cs1. The molecule has 1 aromatic carbocycles. The van der Waals surface area contributed by atoms with E-state index in [-0.39, 0.29) is 17.0 Å². The van der Waals surface area contributed by atoms with E-state index in [0.29, 0.717) is 5.69 Å². The molecule has 0 aliphatic rings. The number of nitriles is 1. The Morgan fingerprint density at radius 3 is 2.67 bits per heavy atom. The number of hydrogen-bond donors (Lipinski definition) is 1. The van der Waals surface area contributed by atoms with Gasteiger partial charge in [0.25, 0.3) is 0 Å². The topological polar surface area (TPSA) is 48.7 Å². The molecule has 0 fully saturated rings. The number of thiazole rings is 1. The molecule has 1 N–H and O–H groups in total. The Bertz CT molecular complexity index is 680. The van der Waals surface area contributed by atoms with Gasteiger partial charge in [-0.2, -0.15) is 5.26 Å². The van der Waals surface area contributed by atoms with Gasteiger partial charge in [-0.25, -0.2) is 9.37 Å². The fraction of sp³-hybridized carbons (Fsp3) is 0.375. The van der Waals surface area contributed by atoms with E-state index in [9.17, 15) is 4.39 Å². The second kappa shape index (κ2) is 5.82. The van der Waals surface area contributed by atoms with E-state index in [1.807, 2.05) is 18.4 Å². The highest BCUT2D eigenvalue weighted by Crippen LogP contribution is 2.29. The van der Waals surface area contributed by atoms with Crippen LogP contribution in [0, 0.1) is 17.1 Å². The third-order valence-electron chi connectivity index (χ3n) is 3.16. The molecular weight excluding hydrogens is 285 g/mol. The van der Waals surface area contributed by atoms with Gasteiger partial charge in [-0.05, 0) is 19.1 Å². The van der Waals surface area contributed by atoms with Crippen molar-refractivity contribution in [2.45, 2.75) is 39.2 Å². The average Bonchev–Trinajstić information content (AvgIpc) is 2.88. The predicted octanol–water partition coefficient (Wildman–Crippen LogP) is 4.62. The first-order valence-corrected chi connectivity index (χ1v) is 7.62. The fourth-order valence-corrected chi connectivity index (χ4v) is 2.94. The average molecular weight is 303 g/mol. The molecule has 1 heterocycles. The summed E-state index contributed by atoms with van der Waals surface area (Å²) in [5.74, 6) is -0.510. The molecule has 0 saturated carbocycles. The number of nitrogens with zero attached hydrogens (tertiary/aromatic N) is 2. The van der Waals surface area contributed by atoms with Crippen LogP contribution in [0.5, 0.6) is 0 Å². The molecule has 0 spiro atoms. The maximum Gasteiger partial charge on any atom is 0.143 e. The molecule has 1 atom stereocenters. The number of halogens is 1. The predicted molar refractivity (Wildman–Crippen MR) is 84.0 cm³/mol. The van der Waals surface area contributed by atoms with Crippen LogP contribution in [0.15, 0.2) is 23.6 Å². The van der Waals surface area contributed by atoms with Crippen molar-refractivity contribution >= 4 is 17.0 Å². The highest BCUT2D eigenvalue weighted by atomic mass is 32.1. The lowest BCUT2D eigenvalue weighted by molar-refractivity contribution is 0.569. The molecular formula is C16H18FN3S. The first kappa shape index (κ1) is 15.5. The molecule has 0 saturated heterocycles. The summed E-state index contributed by atoms with van der Waals surface area (Å²) in [6.45, 7) is 8.30. The van der Waals surface area contributed by atoms with Gasteiger partial charge in [0.15, 0.2) is 0 Å². The van der Waals surface area contributed by atoms with Gasteiger partial charge in [0, 0.05) is 10.8 Å². The molecule has 2 rings (SSSR count). The minimum atomic E-state index is -0.510. The molecule has 0 bridgehead atoms. The molecule has 0 radical (unpaired) electrons. The minimum absolute atomic E-state index is 0.00510. The van der Waals surface area contributed by atoms with Gasteiger partial charge < -0.3 is 5.32 Å². The number of benzene rings is 1.